The Kier molecular flexibility index (Phi) is 8.68. The van der Waals surface area contributed by atoms with Crippen LogP contribution in [0, 0.1) is 11.3 Å². The third-order valence-corrected chi connectivity index (χ3v) is 2.48. The molecule has 0 bridgehead atoms. The highest BCUT2D eigenvalue weighted by Gasteiger charge is 1.98. The van der Waals surface area contributed by atoms with Crippen molar-refractivity contribution < 1.29 is 4.74 Å². The fourth-order valence-electron chi connectivity index (χ4n) is 0.682. The summed E-state index contributed by atoms with van der Waals surface area (Å²) in [5, 5.41) is 8.37. The molecule has 0 saturated heterocycles. The molecule has 1 atom stereocenters. The fourth-order valence-corrected chi connectivity index (χ4v) is 1.63. The van der Waals surface area contributed by atoms with E-state index in [1.165, 1.54) is 0 Å². The van der Waals surface area contributed by atoms with Crippen LogP contribution in [0.15, 0.2) is 0 Å². The number of ether oxygens (including phenoxy) is 1. The molecular weight excluding hydrogens is 172 g/mol. The van der Waals surface area contributed by atoms with Crippen molar-refractivity contribution in [3.63, 3.8) is 0 Å². The van der Waals surface area contributed by atoms with Gasteiger partial charge in [0.2, 0.25) is 0 Å². The first-order valence-electron chi connectivity index (χ1n) is 4.03. The largest absolute Gasteiger partial charge is 0.385 e. The van der Waals surface area contributed by atoms with E-state index >= 15 is 0 Å². The van der Waals surface area contributed by atoms with Crippen LogP contribution in [0.5, 0.6) is 0 Å². The van der Waals surface area contributed by atoms with Crippen LogP contribution in [0.25, 0.3) is 0 Å². The lowest BCUT2D eigenvalue weighted by molar-refractivity contribution is 0.200. The second-order valence-corrected chi connectivity index (χ2v) is 3.71. The van der Waals surface area contributed by atoms with Gasteiger partial charge in [-0.25, -0.2) is 0 Å². The molecule has 0 fully saturated rings. The molecule has 12 heavy (non-hydrogen) atoms. The maximum absolute atomic E-state index is 8.37. The smallest absolute Gasteiger partial charge is 0.0935 e. The Morgan fingerprint density at radius 1 is 1.58 bits per heavy atom. The molecule has 0 heterocycles. The highest BCUT2D eigenvalue weighted by molar-refractivity contribution is 7.99. The third-order valence-electron chi connectivity index (χ3n) is 1.38. The minimum Gasteiger partial charge on any atom is -0.385 e. The van der Waals surface area contributed by atoms with Crippen molar-refractivity contribution in [3.8, 4) is 6.07 Å². The monoisotopic (exact) mass is 188 g/mol. The molecule has 0 aromatic carbocycles. The van der Waals surface area contributed by atoms with Crippen molar-refractivity contribution in [2.75, 3.05) is 25.2 Å². The summed E-state index contributed by atoms with van der Waals surface area (Å²) < 4.78 is 4.90. The fraction of sp³-hybridized carbons (Fsp3) is 0.875. The first-order chi connectivity index (χ1) is 5.81. The van der Waals surface area contributed by atoms with E-state index in [9.17, 15) is 0 Å². The standard InChI is InChI=1S/C8H16N2OS/c1-11-4-2-5-12-6-3-8(10)7-9/h8H,2-6,10H2,1H3. The second kappa shape index (κ2) is 8.85. The van der Waals surface area contributed by atoms with E-state index in [1.54, 1.807) is 7.11 Å². The van der Waals surface area contributed by atoms with Gasteiger partial charge in [-0.05, 0) is 24.3 Å². The van der Waals surface area contributed by atoms with Gasteiger partial charge in [-0.15, -0.1) is 0 Å². The molecule has 70 valence electrons. The average molecular weight is 188 g/mol. The Morgan fingerprint density at radius 3 is 2.92 bits per heavy atom. The SMILES string of the molecule is COCCCSCCC(N)C#N. The number of thioether (sulfide) groups is 1. The highest BCUT2D eigenvalue weighted by atomic mass is 32.2. The molecular formula is C8H16N2OS. The van der Waals surface area contributed by atoms with E-state index in [0.29, 0.717) is 0 Å². The quantitative estimate of drug-likeness (QED) is 0.605. The molecule has 2 N–H and O–H groups in total. The summed E-state index contributed by atoms with van der Waals surface area (Å²) in [6, 6.07) is 1.72. The topological polar surface area (TPSA) is 59.0 Å². The maximum Gasteiger partial charge on any atom is 0.0935 e. The minimum atomic E-state index is -0.292. The van der Waals surface area contributed by atoms with E-state index in [2.05, 4.69) is 0 Å². The second-order valence-electron chi connectivity index (χ2n) is 2.48. The zero-order valence-corrected chi connectivity index (χ0v) is 8.27. The van der Waals surface area contributed by atoms with Crippen LogP contribution >= 0.6 is 11.8 Å². The first kappa shape index (κ1) is 11.8. The first-order valence-corrected chi connectivity index (χ1v) is 5.18. The predicted octanol–water partition coefficient (Wildman–Crippen LogP) is 0.997. The lowest BCUT2D eigenvalue weighted by Gasteiger charge is -2.02. The molecule has 0 aromatic heterocycles. The van der Waals surface area contributed by atoms with Crippen molar-refractivity contribution in [1.29, 1.82) is 5.26 Å². The number of rotatable bonds is 7. The average Bonchev–Trinajstić information content (AvgIpc) is 2.10. The van der Waals surface area contributed by atoms with Crippen LogP contribution in [0.1, 0.15) is 12.8 Å². The van der Waals surface area contributed by atoms with Gasteiger partial charge in [0.1, 0.15) is 0 Å². The van der Waals surface area contributed by atoms with Crippen molar-refractivity contribution in [1.82, 2.24) is 0 Å². The van der Waals surface area contributed by atoms with Crippen molar-refractivity contribution in [3.05, 3.63) is 0 Å². The Hall–Kier alpha value is -0.240. The zero-order valence-electron chi connectivity index (χ0n) is 7.45. The van der Waals surface area contributed by atoms with Gasteiger partial charge in [0.05, 0.1) is 12.1 Å². The van der Waals surface area contributed by atoms with Gasteiger partial charge < -0.3 is 10.5 Å². The minimum absolute atomic E-state index is 0.292. The normalized spacial score (nSPS) is 12.4. The number of hydrogen-bond acceptors (Lipinski definition) is 4. The van der Waals surface area contributed by atoms with Crippen LogP contribution in [0.2, 0.25) is 0 Å². The van der Waals surface area contributed by atoms with Crippen LogP contribution < -0.4 is 5.73 Å². The summed E-state index contributed by atoms with van der Waals surface area (Å²) in [5.41, 5.74) is 5.41. The van der Waals surface area contributed by atoms with Crippen LogP contribution in [0.3, 0.4) is 0 Å². The molecule has 0 rings (SSSR count). The molecule has 0 saturated carbocycles. The molecule has 0 aliphatic carbocycles. The van der Waals surface area contributed by atoms with Gasteiger partial charge >= 0.3 is 0 Å². The molecule has 1 unspecified atom stereocenters. The molecule has 0 radical (unpaired) electrons. The molecule has 0 aliphatic heterocycles. The Labute approximate surface area is 78.3 Å². The predicted molar refractivity (Wildman–Crippen MR) is 52.0 cm³/mol. The maximum atomic E-state index is 8.37. The van der Waals surface area contributed by atoms with E-state index < -0.39 is 0 Å². The van der Waals surface area contributed by atoms with Gasteiger partial charge in [0.15, 0.2) is 0 Å². The Bertz CT molecular complexity index is 136. The van der Waals surface area contributed by atoms with E-state index in [4.69, 9.17) is 15.7 Å². The van der Waals surface area contributed by atoms with Gasteiger partial charge in [0.25, 0.3) is 0 Å². The molecule has 0 amide bonds. The van der Waals surface area contributed by atoms with Crippen molar-refractivity contribution in [2.24, 2.45) is 5.73 Å². The molecule has 3 nitrogen and oxygen atoms in total. The lowest BCUT2D eigenvalue weighted by atomic mass is 10.3. The lowest BCUT2D eigenvalue weighted by Crippen LogP contribution is -2.17. The van der Waals surface area contributed by atoms with Crippen LogP contribution in [-0.4, -0.2) is 31.3 Å². The summed E-state index contributed by atoms with van der Waals surface area (Å²) in [7, 11) is 1.70. The van der Waals surface area contributed by atoms with E-state index in [0.717, 1.165) is 31.0 Å². The van der Waals surface area contributed by atoms with Gasteiger partial charge in [0, 0.05) is 13.7 Å². The summed E-state index contributed by atoms with van der Waals surface area (Å²) in [5.74, 6) is 2.06. The molecule has 0 aliphatic rings. The number of nitrogens with two attached hydrogens (primary N) is 1. The van der Waals surface area contributed by atoms with Gasteiger partial charge in [-0.3, -0.25) is 0 Å². The summed E-state index contributed by atoms with van der Waals surface area (Å²) in [6.07, 6.45) is 1.86. The Balaban J connectivity index is 2.96. The van der Waals surface area contributed by atoms with Gasteiger partial charge in [-0.1, -0.05) is 0 Å². The molecule has 4 heteroatoms. The van der Waals surface area contributed by atoms with E-state index in [1.807, 2.05) is 17.8 Å². The van der Waals surface area contributed by atoms with Crippen molar-refractivity contribution >= 4 is 11.8 Å². The summed E-state index contributed by atoms with van der Waals surface area (Å²) in [4.78, 5) is 0. The van der Waals surface area contributed by atoms with Gasteiger partial charge in [-0.2, -0.15) is 17.0 Å². The summed E-state index contributed by atoms with van der Waals surface area (Å²) in [6.45, 7) is 0.817. The van der Waals surface area contributed by atoms with Crippen molar-refractivity contribution in [2.45, 2.75) is 18.9 Å². The highest BCUT2D eigenvalue weighted by Crippen LogP contribution is 2.05. The van der Waals surface area contributed by atoms with E-state index in [-0.39, 0.29) is 6.04 Å². The molecule has 0 spiro atoms. The van der Waals surface area contributed by atoms with Crippen LogP contribution in [-0.2, 0) is 4.74 Å². The summed E-state index contributed by atoms with van der Waals surface area (Å²) >= 11 is 1.83. The Morgan fingerprint density at radius 2 is 2.33 bits per heavy atom. The number of nitrogens with zero attached hydrogens (tertiary/aromatic N) is 1. The zero-order chi connectivity index (χ0) is 9.23. The van der Waals surface area contributed by atoms with Crippen LogP contribution in [0.4, 0.5) is 0 Å². The molecule has 0 aromatic rings. The third kappa shape index (κ3) is 7.86. The number of hydrogen-bond donors (Lipinski definition) is 1. The number of methoxy groups -OCH3 is 1. The number of nitriles is 1.